The van der Waals surface area contributed by atoms with Crippen molar-refractivity contribution in [3.05, 3.63) is 65.5 Å². The monoisotopic (exact) mass is 480 g/mol. The molecule has 35 heavy (non-hydrogen) atoms. The van der Waals surface area contributed by atoms with Crippen LogP contribution in [0.2, 0.25) is 0 Å². The summed E-state index contributed by atoms with van der Waals surface area (Å²) in [4.78, 5) is 31.3. The molecule has 2 saturated heterocycles. The summed E-state index contributed by atoms with van der Waals surface area (Å²) in [6.07, 6.45) is 1.90. The summed E-state index contributed by atoms with van der Waals surface area (Å²) in [5, 5.41) is 2.93. The highest BCUT2D eigenvalue weighted by molar-refractivity contribution is 5.78. The molecule has 2 aromatic rings. The minimum Gasteiger partial charge on any atom is -0.484 e. The Labute approximate surface area is 205 Å². The summed E-state index contributed by atoms with van der Waals surface area (Å²) in [6.45, 7) is 5.09. The van der Waals surface area contributed by atoms with E-state index >= 15 is 0 Å². The van der Waals surface area contributed by atoms with Gasteiger partial charge in [0.15, 0.2) is 0 Å². The van der Waals surface area contributed by atoms with E-state index in [9.17, 15) is 14.0 Å². The summed E-state index contributed by atoms with van der Waals surface area (Å²) >= 11 is 0. The van der Waals surface area contributed by atoms with Crippen molar-refractivity contribution < 1.29 is 18.7 Å². The number of halogens is 1. The van der Waals surface area contributed by atoms with Crippen molar-refractivity contribution in [1.82, 2.24) is 20.0 Å². The molecule has 0 radical (unpaired) electrons. The smallest absolute Gasteiger partial charge is 0.236 e. The Balaban J connectivity index is 1.23. The van der Waals surface area contributed by atoms with Crippen LogP contribution in [0.4, 0.5) is 4.39 Å². The van der Waals surface area contributed by atoms with Crippen molar-refractivity contribution in [3.63, 3.8) is 0 Å². The van der Waals surface area contributed by atoms with Crippen LogP contribution in [0.5, 0.6) is 5.75 Å². The lowest BCUT2D eigenvalue weighted by molar-refractivity contribution is -0.134. The van der Waals surface area contributed by atoms with Crippen LogP contribution in [0.1, 0.15) is 36.5 Å². The van der Waals surface area contributed by atoms with Gasteiger partial charge in [0.2, 0.25) is 11.8 Å². The predicted octanol–water partition coefficient (Wildman–Crippen LogP) is 2.57. The molecule has 2 amide bonds. The third-order valence-electron chi connectivity index (χ3n) is 7.35. The molecule has 0 aliphatic carbocycles. The van der Waals surface area contributed by atoms with Crippen LogP contribution in [0.3, 0.4) is 0 Å². The summed E-state index contributed by atoms with van der Waals surface area (Å²) in [5.74, 6) is 0.664. The van der Waals surface area contributed by atoms with Crippen molar-refractivity contribution in [2.75, 3.05) is 45.8 Å². The maximum absolute atomic E-state index is 14.6. The van der Waals surface area contributed by atoms with E-state index in [4.69, 9.17) is 4.74 Å². The van der Waals surface area contributed by atoms with Crippen molar-refractivity contribution in [1.29, 1.82) is 0 Å². The summed E-state index contributed by atoms with van der Waals surface area (Å²) in [6, 6.07) is 14.9. The number of rotatable bonds is 4. The Bertz CT molecular complexity index is 1060. The van der Waals surface area contributed by atoms with Gasteiger partial charge in [-0.25, -0.2) is 4.39 Å². The number of para-hydroxylation sites is 1. The Morgan fingerprint density at radius 2 is 1.80 bits per heavy atom. The molecule has 186 valence electrons. The first-order chi connectivity index (χ1) is 17.1. The number of carbonyl (C=O) groups is 2. The van der Waals surface area contributed by atoms with E-state index in [1.54, 1.807) is 12.1 Å². The van der Waals surface area contributed by atoms with Gasteiger partial charge < -0.3 is 15.0 Å². The van der Waals surface area contributed by atoms with Gasteiger partial charge in [0, 0.05) is 69.4 Å². The van der Waals surface area contributed by atoms with Gasteiger partial charge in [-0.1, -0.05) is 36.4 Å². The second-order valence-electron chi connectivity index (χ2n) is 9.65. The van der Waals surface area contributed by atoms with Crippen LogP contribution in [-0.2, 0) is 16.1 Å². The van der Waals surface area contributed by atoms with E-state index in [1.165, 1.54) is 6.07 Å². The number of nitrogens with zero attached hydrogens (tertiary/aromatic N) is 3. The Morgan fingerprint density at radius 3 is 2.63 bits per heavy atom. The lowest BCUT2D eigenvalue weighted by Crippen LogP contribution is -2.49. The molecule has 7 nitrogen and oxygen atoms in total. The first-order valence-electron chi connectivity index (χ1n) is 12.6. The second-order valence-corrected chi connectivity index (χ2v) is 9.65. The summed E-state index contributed by atoms with van der Waals surface area (Å²) < 4.78 is 20.8. The molecule has 2 fully saturated rings. The molecule has 0 aromatic heterocycles. The van der Waals surface area contributed by atoms with E-state index < -0.39 is 6.10 Å². The number of amides is 2. The molecule has 0 bridgehead atoms. The third kappa shape index (κ3) is 5.65. The van der Waals surface area contributed by atoms with Crippen LogP contribution in [0.25, 0.3) is 0 Å². The first-order valence-corrected chi connectivity index (χ1v) is 12.6. The van der Waals surface area contributed by atoms with Crippen LogP contribution < -0.4 is 10.1 Å². The number of ether oxygens (including phenoxy) is 1. The molecule has 2 aromatic carbocycles. The Morgan fingerprint density at radius 1 is 1.03 bits per heavy atom. The highest BCUT2D eigenvalue weighted by atomic mass is 19.1. The molecule has 3 aliphatic rings. The van der Waals surface area contributed by atoms with Gasteiger partial charge in [0.05, 0.1) is 6.54 Å². The lowest BCUT2D eigenvalue weighted by Gasteiger charge is -2.38. The van der Waals surface area contributed by atoms with Gasteiger partial charge in [-0.3, -0.25) is 19.4 Å². The number of benzene rings is 2. The van der Waals surface area contributed by atoms with E-state index in [2.05, 4.69) is 15.1 Å². The Kier molecular flexibility index (Phi) is 7.29. The van der Waals surface area contributed by atoms with Crippen molar-refractivity contribution >= 4 is 11.8 Å². The van der Waals surface area contributed by atoms with Gasteiger partial charge in [-0.2, -0.15) is 0 Å². The van der Waals surface area contributed by atoms with Crippen LogP contribution >= 0.6 is 0 Å². The average molecular weight is 481 g/mol. The zero-order valence-electron chi connectivity index (χ0n) is 20.0. The number of carbonyl (C=O) groups excluding carboxylic acids is 2. The predicted molar refractivity (Wildman–Crippen MR) is 130 cm³/mol. The standard InChI is InChI=1S/C27H33FN4O3/c28-23-7-3-2-6-22(23)25-18-30(17-20-5-1-4-8-24(20)35-25)19-27(34)32-13-9-21(10-14-32)31-15-11-26(33)29-12-16-31/h1-8,21,25H,9-19H2,(H,29,33)/t25-/m1/s1. The fraction of sp³-hybridized carbons (Fsp3) is 0.481. The number of hydrogen-bond donors (Lipinski definition) is 1. The molecule has 1 N–H and O–H groups in total. The Hall–Kier alpha value is -2.97. The molecular weight excluding hydrogens is 447 g/mol. The number of hydrogen-bond acceptors (Lipinski definition) is 5. The van der Waals surface area contributed by atoms with Crippen molar-refractivity contribution in [3.8, 4) is 5.75 Å². The van der Waals surface area contributed by atoms with Gasteiger partial charge in [0.25, 0.3) is 0 Å². The minimum atomic E-state index is -0.488. The molecule has 0 unspecified atom stereocenters. The number of piperidine rings is 1. The molecule has 1 atom stereocenters. The van der Waals surface area contributed by atoms with Gasteiger partial charge >= 0.3 is 0 Å². The quantitative estimate of drug-likeness (QED) is 0.729. The van der Waals surface area contributed by atoms with E-state index in [0.717, 1.165) is 50.3 Å². The SMILES string of the molecule is O=C1CCN(C2CCN(C(=O)CN3Cc4ccccc4O[C@@H](c4ccccc4F)C3)CC2)CCN1. The summed E-state index contributed by atoms with van der Waals surface area (Å²) in [7, 11) is 0. The lowest BCUT2D eigenvalue weighted by atomic mass is 10.0. The third-order valence-corrected chi connectivity index (χ3v) is 7.35. The molecule has 0 saturated carbocycles. The molecule has 5 rings (SSSR count). The van der Waals surface area contributed by atoms with Gasteiger partial charge in [0.1, 0.15) is 17.7 Å². The normalized spacial score (nSPS) is 22.5. The van der Waals surface area contributed by atoms with Crippen LogP contribution in [0.15, 0.2) is 48.5 Å². The maximum Gasteiger partial charge on any atom is 0.236 e. The van der Waals surface area contributed by atoms with Gasteiger partial charge in [-0.05, 0) is 25.0 Å². The highest BCUT2D eigenvalue weighted by Crippen LogP contribution is 2.32. The van der Waals surface area contributed by atoms with E-state index in [1.807, 2.05) is 35.2 Å². The largest absolute Gasteiger partial charge is 0.484 e. The second kappa shape index (κ2) is 10.7. The molecule has 3 aliphatic heterocycles. The summed E-state index contributed by atoms with van der Waals surface area (Å²) in [5.41, 5.74) is 1.51. The van der Waals surface area contributed by atoms with Crippen LogP contribution in [-0.4, -0.2) is 78.4 Å². The maximum atomic E-state index is 14.6. The zero-order valence-corrected chi connectivity index (χ0v) is 20.0. The van der Waals surface area contributed by atoms with E-state index in [0.29, 0.717) is 37.7 Å². The first kappa shape index (κ1) is 23.8. The van der Waals surface area contributed by atoms with Gasteiger partial charge in [-0.15, -0.1) is 0 Å². The van der Waals surface area contributed by atoms with Crippen molar-refractivity contribution in [2.24, 2.45) is 0 Å². The fourth-order valence-electron chi connectivity index (χ4n) is 5.42. The minimum absolute atomic E-state index is 0.0998. The molecule has 0 spiro atoms. The topological polar surface area (TPSA) is 65.1 Å². The molecule has 8 heteroatoms. The highest BCUT2D eigenvalue weighted by Gasteiger charge is 2.31. The zero-order chi connectivity index (χ0) is 24.2. The fourth-order valence-corrected chi connectivity index (χ4v) is 5.42. The average Bonchev–Trinajstić information content (AvgIpc) is 3.20. The number of fused-ring (bicyclic) bond motifs is 1. The molecular formula is C27H33FN4O3. The van der Waals surface area contributed by atoms with Crippen LogP contribution in [0, 0.1) is 5.82 Å². The van der Waals surface area contributed by atoms with E-state index in [-0.39, 0.29) is 24.2 Å². The number of nitrogens with one attached hydrogen (secondary N) is 1. The van der Waals surface area contributed by atoms with Crippen molar-refractivity contribution in [2.45, 2.75) is 38.0 Å². The molecule has 3 heterocycles. The number of likely N-dealkylation sites (tertiary alicyclic amines) is 1.